The SMILES string of the molecule is C=C1NC(C)=CC(=NC2Cc3cc(OC)c(OC)cc3C2)N1/N=C\N. The molecule has 0 saturated heterocycles. The molecule has 2 aliphatic rings. The van der Waals surface area contributed by atoms with Crippen molar-refractivity contribution in [2.75, 3.05) is 14.2 Å². The molecule has 0 aromatic heterocycles. The zero-order valence-corrected chi connectivity index (χ0v) is 14.7. The van der Waals surface area contributed by atoms with Crippen LogP contribution in [0.15, 0.2) is 46.4 Å². The molecule has 25 heavy (non-hydrogen) atoms. The number of nitrogens with zero attached hydrogens (tertiary/aromatic N) is 3. The molecule has 1 heterocycles. The number of allylic oxidation sites excluding steroid dienone is 1. The Bertz CT molecular complexity index is 749. The summed E-state index contributed by atoms with van der Waals surface area (Å²) >= 11 is 0. The van der Waals surface area contributed by atoms with E-state index in [2.05, 4.69) is 17.0 Å². The van der Waals surface area contributed by atoms with Crippen molar-refractivity contribution < 1.29 is 9.47 Å². The second kappa shape index (κ2) is 6.88. The van der Waals surface area contributed by atoms with Gasteiger partial charge in [0.2, 0.25) is 0 Å². The van der Waals surface area contributed by atoms with E-state index in [0.717, 1.165) is 35.9 Å². The molecule has 0 radical (unpaired) electrons. The fraction of sp³-hybridized carbons (Fsp3) is 0.333. The van der Waals surface area contributed by atoms with Crippen LogP contribution in [0.1, 0.15) is 18.1 Å². The topological polar surface area (TPSA) is 84.5 Å². The van der Waals surface area contributed by atoms with Crippen LogP contribution in [-0.2, 0) is 12.8 Å². The summed E-state index contributed by atoms with van der Waals surface area (Å²) in [5.74, 6) is 2.84. The molecule has 1 aliphatic carbocycles. The third-order valence-corrected chi connectivity index (χ3v) is 4.27. The Morgan fingerprint density at radius 2 is 1.84 bits per heavy atom. The molecule has 0 unspecified atom stereocenters. The number of aliphatic imine (C=N–C) groups is 1. The number of amidine groups is 1. The van der Waals surface area contributed by atoms with Crippen LogP contribution in [0.4, 0.5) is 0 Å². The average Bonchev–Trinajstić information content (AvgIpc) is 2.97. The maximum absolute atomic E-state index is 5.45. The van der Waals surface area contributed by atoms with E-state index in [9.17, 15) is 0 Å². The number of fused-ring (bicyclic) bond motifs is 1. The molecule has 0 bridgehead atoms. The molecule has 7 heteroatoms. The second-order valence-electron chi connectivity index (χ2n) is 6.00. The summed E-state index contributed by atoms with van der Waals surface area (Å²) in [5, 5.41) is 8.87. The van der Waals surface area contributed by atoms with Crippen LogP contribution in [-0.4, -0.2) is 37.4 Å². The molecule has 132 valence electrons. The summed E-state index contributed by atoms with van der Waals surface area (Å²) in [6.07, 6.45) is 4.85. The Labute approximate surface area is 147 Å². The first-order valence-electron chi connectivity index (χ1n) is 8.05. The fourth-order valence-corrected chi connectivity index (χ4v) is 3.20. The van der Waals surface area contributed by atoms with Gasteiger partial charge in [0.05, 0.1) is 20.3 Å². The van der Waals surface area contributed by atoms with Crippen molar-refractivity contribution in [1.29, 1.82) is 0 Å². The minimum Gasteiger partial charge on any atom is -0.493 e. The van der Waals surface area contributed by atoms with E-state index >= 15 is 0 Å². The summed E-state index contributed by atoms with van der Waals surface area (Å²) in [7, 11) is 3.29. The normalized spacial score (nSPS) is 19.2. The van der Waals surface area contributed by atoms with Crippen molar-refractivity contribution in [3.8, 4) is 11.5 Å². The predicted molar refractivity (Wildman–Crippen MR) is 98.7 cm³/mol. The van der Waals surface area contributed by atoms with E-state index in [1.807, 2.05) is 25.1 Å². The third-order valence-electron chi connectivity index (χ3n) is 4.27. The van der Waals surface area contributed by atoms with Gasteiger partial charge in [-0.3, -0.25) is 4.99 Å². The van der Waals surface area contributed by atoms with Crippen molar-refractivity contribution in [2.45, 2.75) is 25.8 Å². The summed E-state index contributed by atoms with van der Waals surface area (Å²) in [4.78, 5) is 4.88. The van der Waals surface area contributed by atoms with E-state index in [1.165, 1.54) is 17.5 Å². The number of hydrazone groups is 1. The van der Waals surface area contributed by atoms with Gasteiger partial charge in [0, 0.05) is 11.8 Å². The van der Waals surface area contributed by atoms with Crippen molar-refractivity contribution in [3.05, 3.63) is 47.4 Å². The van der Waals surface area contributed by atoms with Gasteiger partial charge in [0.1, 0.15) is 12.2 Å². The lowest BCUT2D eigenvalue weighted by molar-refractivity contribution is 0.354. The van der Waals surface area contributed by atoms with Crippen LogP contribution in [0, 0.1) is 0 Å². The Kier molecular flexibility index (Phi) is 4.65. The van der Waals surface area contributed by atoms with E-state index in [-0.39, 0.29) is 6.04 Å². The van der Waals surface area contributed by atoms with Crippen LogP contribution in [0.2, 0.25) is 0 Å². The lowest BCUT2D eigenvalue weighted by atomic mass is 10.1. The van der Waals surface area contributed by atoms with Gasteiger partial charge < -0.3 is 20.5 Å². The Hall–Kier alpha value is -2.96. The molecule has 3 rings (SSSR count). The summed E-state index contributed by atoms with van der Waals surface area (Å²) < 4.78 is 10.8. The van der Waals surface area contributed by atoms with Gasteiger partial charge in [-0.25, -0.2) is 0 Å². The highest BCUT2D eigenvalue weighted by Crippen LogP contribution is 2.35. The van der Waals surface area contributed by atoms with Crippen molar-refractivity contribution in [3.63, 3.8) is 0 Å². The zero-order chi connectivity index (χ0) is 18.0. The van der Waals surface area contributed by atoms with Gasteiger partial charge in [-0.15, -0.1) is 0 Å². The molecule has 3 N–H and O–H groups in total. The van der Waals surface area contributed by atoms with Crippen LogP contribution in [0.5, 0.6) is 11.5 Å². The van der Waals surface area contributed by atoms with E-state index in [4.69, 9.17) is 20.2 Å². The number of rotatable bonds is 4. The first kappa shape index (κ1) is 16.9. The predicted octanol–water partition coefficient (Wildman–Crippen LogP) is 1.75. The highest BCUT2D eigenvalue weighted by molar-refractivity contribution is 5.96. The average molecular weight is 341 g/mol. The molecule has 0 saturated carbocycles. The number of methoxy groups -OCH3 is 2. The minimum atomic E-state index is 0.118. The molecule has 0 amide bonds. The summed E-state index contributed by atoms with van der Waals surface area (Å²) in [6.45, 7) is 5.93. The molecule has 1 aromatic rings. The maximum Gasteiger partial charge on any atom is 0.161 e. The second-order valence-corrected chi connectivity index (χ2v) is 6.00. The smallest absolute Gasteiger partial charge is 0.161 e. The lowest BCUT2D eigenvalue weighted by Gasteiger charge is -2.27. The third kappa shape index (κ3) is 3.31. The molecule has 1 aliphatic heterocycles. The van der Waals surface area contributed by atoms with Gasteiger partial charge >= 0.3 is 0 Å². The number of benzene rings is 1. The van der Waals surface area contributed by atoms with E-state index in [0.29, 0.717) is 5.82 Å². The van der Waals surface area contributed by atoms with Crippen LogP contribution in [0.3, 0.4) is 0 Å². The number of hydrogen-bond acceptors (Lipinski definition) is 5. The maximum atomic E-state index is 5.45. The Morgan fingerprint density at radius 3 is 2.36 bits per heavy atom. The standard InChI is InChI=1S/C18H23N5O2/c1-11-5-18(23(20-10-19)12(2)21-11)22-15-6-13-8-16(24-3)17(25-4)9-14(13)7-15/h5,8-10,15,21H,2,6-7H2,1,3-4H3,(H2,19,20). The van der Waals surface area contributed by atoms with Crippen LogP contribution >= 0.6 is 0 Å². The molecular weight excluding hydrogens is 318 g/mol. The number of hydrogen-bond donors (Lipinski definition) is 2. The van der Waals surface area contributed by atoms with Crippen LogP contribution in [0.25, 0.3) is 0 Å². The van der Waals surface area contributed by atoms with E-state index in [1.54, 1.807) is 19.2 Å². The van der Waals surface area contributed by atoms with Crippen molar-refractivity contribution in [1.82, 2.24) is 10.3 Å². The molecule has 1 aromatic carbocycles. The molecule has 7 nitrogen and oxygen atoms in total. The quantitative estimate of drug-likeness (QED) is 0.644. The summed E-state index contributed by atoms with van der Waals surface area (Å²) in [6, 6.07) is 4.19. The fourth-order valence-electron chi connectivity index (χ4n) is 3.20. The Morgan fingerprint density at radius 1 is 1.24 bits per heavy atom. The molecule has 0 atom stereocenters. The van der Waals surface area contributed by atoms with E-state index < -0.39 is 0 Å². The minimum absolute atomic E-state index is 0.118. The highest BCUT2D eigenvalue weighted by atomic mass is 16.5. The van der Waals surface area contributed by atoms with Gasteiger partial charge in [0.15, 0.2) is 17.3 Å². The monoisotopic (exact) mass is 341 g/mol. The number of nitrogens with one attached hydrogen (secondary N) is 1. The summed E-state index contributed by atoms with van der Waals surface area (Å²) in [5.41, 5.74) is 8.88. The van der Waals surface area contributed by atoms with Gasteiger partial charge in [-0.05, 0) is 43.0 Å². The van der Waals surface area contributed by atoms with Gasteiger partial charge in [-0.1, -0.05) is 6.58 Å². The van der Waals surface area contributed by atoms with Gasteiger partial charge in [-0.2, -0.15) is 10.1 Å². The first-order chi connectivity index (χ1) is 12.0. The molecule has 0 spiro atoms. The first-order valence-corrected chi connectivity index (χ1v) is 8.05. The number of nitrogens with two attached hydrogens (primary N) is 1. The van der Waals surface area contributed by atoms with Gasteiger partial charge in [0.25, 0.3) is 0 Å². The van der Waals surface area contributed by atoms with Crippen molar-refractivity contribution in [2.24, 2.45) is 15.8 Å². The largest absolute Gasteiger partial charge is 0.493 e. The Balaban J connectivity index is 1.89. The highest BCUT2D eigenvalue weighted by Gasteiger charge is 2.26. The van der Waals surface area contributed by atoms with Crippen molar-refractivity contribution >= 4 is 12.2 Å². The number of ether oxygens (including phenoxy) is 2. The molecule has 0 fully saturated rings. The molecular formula is C18H23N5O2. The zero-order valence-electron chi connectivity index (χ0n) is 14.7. The van der Waals surface area contributed by atoms with Crippen LogP contribution < -0.4 is 20.5 Å². The lowest BCUT2D eigenvalue weighted by Crippen LogP contribution is -2.36.